The Morgan fingerprint density at radius 1 is 0.906 bits per heavy atom. The van der Waals surface area contributed by atoms with Crippen LogP contribution in [-0.2, 0) is 23.7 Å². The van der Waals surface area contributed by atoms with Crippen molar-refractivity contribution in [3.8, 4) is 0 Å². The van der Waals surface area contributed by atoms with Crippen molar-refractivity contribution < 1.29 is 39.1 Å². The molecule has 3 atom stereocenters. The Bertz CT molecular complexity index is 1880. The zero-order chi connectivity index (χ0) is 37.8. The summed E-state index contributed by atoms with van der Waals surface area (Å²) in [6.07, 6.45) is 7.16. The van der Waals surface area contributed by atoms with Crippen LogP contribution in [0.4, 0.5) is 0 Å². The normalized spacial score (nSPS) is 22.7. The molecule has 0 amide bonds. The van der Waals surface area contributed by atoms with Crippen LogP contribution in [0.1, 0.15) is 67.2 Å². The highest BCUT2D eigenvalue weighted by atomic mass is 16.6. The number of nitrogens with zero attached hydrogens (tertiary/aromatic N) is 3. The van der Waals surface area contributed by atoms with Crippen molar-refractivity contribution in [3.63, 3.8) is 0 Å². The van der Waals surface area contributed by atoms with Crippen molar-refractivity contribution in [1.29, 1.82) is 0 Å². The Morgan fingerprint density at radius 2 is 1.57 bits per heavy atom. The molecule has 4 N–H and O–H groups in total. The number of ether oxygens (including phenoxy) is 4. The minimum Gasteiger partial charge on any atom is -0.511 e. The van der Waals surface area contributed by atoms with Crippen molar-refractivity contribution in [2.24, 2.45) is 26.8 Å². The van der Waals surface area contributed by atoms with E-state index in [2.05, 4.69) is 26.1 Å². The predicted molar refractivity (Wildman–Crippen MR) is 203 cm³/mol. The van der Waals surface area contributed by atoms with Crippen LogP contribution in [0.5, 0.6) is 0 Å². The molecule has 284 valence electrons. The number of esters is 1. The van der Waals surface area contributed by atoms with Gasteiger partial charge < -0.3 is 39.6 Å². The maximum atomic E-state index is 13.0. The van der Waals surface area contributed by atoms with Gasteiger partial charge in [0.2, 0.25) is 0 Å². The molecule has 8 bridgehead atoms. The zero-order valence-corrected chi connectivity index (χ0v) is 31.7. The summed E-state index contributed by atoms with van der Waals surface area (Å²) in [5.41, 5.74) is 13.0. The molecule has 0 spiro atoms. The van der Waals surface area contributed by atoms with E-state index in [1.165, 1.54) is 0 Å². The van der Waals surface area contributed by atoms with Gasteiger partial charge in [-0.25, -0.2) is 15.0 Å². The molecule has 1 saturated heterocycles. The fourth-order valence-electron chi connectivity index (χ4n) is 7.82. The quantitative estimate of drug-likeness (QED) is 0.120. The van der Waals surface area contributed by atoms with Crippen LogP contribution in [0.15, 0.2) is 106 Å². The molecule has 0 aromatic carbocycles. The van der Waals surface area contributed by atoms with E-state index in [1.807, 2.05) is 32.1 Å². The summed E-state index contributed by atoms with van der Waals surface area (Å²) in [6.45, 7) is 14.3. The third kappa shape index (κ3) is 8.02. The van der Waals surface area contributed by atoms with E-state index in [0.717, 1.165) is 85.4 Å². The average molecular weight is 729 g/mol. The average Bonchev–Trinajstić information content (AvgIpc) is 3.88. The molecule has 5 heterocycles. The largest absolute Gasteiger partial charge is 0.511 e. The van der Waals surface area contributed by atoms with Gasteiger partial charge in [0.15, 0.2) is 0 Å². The molecule has 0 aromatic heterocycles. The van der Waals surface area contributed by atoms with Gasteiger partial charge in [-0.1, -0.05) is 13.8 Å². The lowest BCUT2D eigenvalue weighted by molar-refractivity contribution is -0.145. The molecule has 0 saturated carbocycles. The molecule has 1 fully saturated rings. The van der Waals surface area contributed by atoms with Gasteiger partial charge in [0.25, 0.3) is 0 Å². The number of allylic oxidation sites excluding steroid dienone is 11. The topological polar surface area (TPSA) is 164 Å². The number of fused-ring (bicyclic) bond motifs is 5. The van der Waals surface area contributed by atoms with E-state index >= 15 is 0 Å². The van der Waals surface area contributed by atoms with E-state index in [0.29, 0.717) is 45.0 Å². The van der Waals surface area contributed by atoms with Crippen LogP contribution in [-0.4, -0.2) is 97.4 Å². The molecule has 0 aromatic rings. The minimum absolute atomic E-state index is 0.0153. The second-order valence-electron chi connectivity index (χ2n) is 14.0. The third-order valence-electron chi connectivity index (χ3n) is 10.6. The molecule has 6 rings (SSSR count). The maximum absolute atomic E-state index is 13.0. The second kappa shape index (κ2) is 16.9. The van der Waals surface area contributed by atoms with Crippen LogP contribution in [0.25, 0.3) is 0 Å². The van der Waals surface area contributed by atoms with Crippen molar-refractivity contribution in [3.05, 3.63) is 91.5 Å². The van der Waals surface area contributed by atoms with Crippen LogP contribution in [0.2, 0.25) is 0 Å². The fraction of sp³-hybridized carbons (Fsp3) is 0.512. The highest BCUT2D eigenvalue weighted by molar-refractivity contribution is 6.21. The number of rotatable bonds is 16. The van der Waals surface area contributed by atoms with Crippen molar-refractivity contribution in [2.45, 2.75) is 73.3 Å². The molecule has 1 unspecified atom stereocenters. The summed E-state index contributed by atoms with van der Waals surface area (Å²) < 4.78 is 21.6. The van der Waals surface area contributed by atoms with Gasteiger partial charge in [-0.15, -0.1) is 0 Å². The van der Waals surface area contributed by atoms with Crippen LogP contribution in [0.3, 0.4) is 0 Å². The Morgan fingerprint density at radius 3 is 2.25 bits per heavy atom. The number of carbonyl (C=O) groups excluding carboxylic acids is 1. The smallest absolute Gasteiger partial charge is 0.305 e. The van der Waals surface area contributed by atoms with E-state index in [9.17, 15) is 15.0 Å². The number of aliphatic hydroxyl groups excluding tert-OH is 3. The molecule has 53 heavy (non-hydrogen) atoms. The van der Waals surface area contributed by atoms with E-state index < -0.39 is 6.10 Å². The number of aliphatic hydroxyl groups is 3. The molecule has 12 nitrogen and oxygen atoms in total. The van der Waals surface area contributed by atoms with Gasteiger partial charge >= 0.3 is 5.97 Å². The predicted octanol–water partition coefficient (Wildman–Crippen LogP) is 5.40. The highest BCUT2D eigenvalue weighted by Gasteiger charge is 2.41. The summed E-state index contributed by atoms with van der Waals surface area (Å²) in [5, 5.41) is 34.7. The summed E-state index contributed by atoms with van der Waals surface area (Å²) in [7, 11) is 0. The Balaban J connectivity index is 1.25. The number of nitrogens with one attached hydrogen (secondary N) is 1. The first kappa shape index (κ1) is 38.5. The van der Waals surface area contributed by atoms with Crippen LogP contribution >= 0.6 is 0 Å². The zero-order valence-electron chi connectivity index (χ0n) is 31.7. The molecule has 6 aliphatic rings. The molecule has 1 aliphatic carbocycles. The van der Waals surface area contributed by atoms with Gasteiger partial charge in [-0.05, 0) is 81.1 Å². The molecule has 12 heteroatoms. The molecule has 0 radical (unpaired) electrons. The lowest BCUT2D eigenvalue weighted by atomic mass is 9.86. The maximum Gasteiger partial charge on any atom is 0.305 e. The Labute approximate surface area is 311 Å². The first-order valence-corrected chi connectivity index (χ1v) is 18.7. The minimum atomic E-state index is -0.730. The number of carbonyl (C=O) groups is 1. The lowest BCUT2D eigenvalue weighted by Crippen LogP contribution is -2.17. The van der Waals surface area contributed by atoms with Crippen molar-refractivity contribution in [2.75, 3.05) is 52.9 Å². The van der Waals surface area contributed by atoms with Crippen molar-refractivity contribution >= 4 is 23.1 Å². The molecular weight excluding hydrogens is 676 g/mol. The van der Waals surface area contributed by atoms with E-state index in [-0.39, 0.29) is 56.4 Å². The first-order chi connectivity index (χ1) is 25.5. The third-order valence-corrected chi connectivity index (χ3v) is 10.6. The Kier molecular flexibility index (Phi) is 12.3. The first-order valence-electron chi connectivity index (χ1n) is 18.7. The van der Waals surface area contributed by atoms with Gasteiger partial charge in [0, 0.05) is 52.8 Å². The molecular formula is C41H52N4O8. The summed E-state index contributed by atoms with van der Waals surface area (Å²) in [5.74, 6) is -0.117. The van der Waals surface area contributed by atoms with Crippen molar-refractivity contribution in [1.82, 2.24) is 5.32 Å². The lowest BCUT2D eigenvalue weighted by Gasteiger charge is -2.17. The monoisotopic (exact) mass is 728 g/mol. The van der Waals surface area contributed by atoms with E-state index in [4.69, 9.17) is 39.0 Å². The van der Waals surface area contributed by atoms with Crippen LogP contribution in [0, 0.1) is 11.8 Å². The van der Waals surface area contributed by atoms with E-state index in [1.54, 1.807) is 6.92 Å². The van der Waals surface area contributed by atoms with Gasteiger partial charge in [0.05, 0.1) is 86.6 Å². The van der Waals surface area contributed by atoms with Gasteiger partial charge in [-0.3, -0.25) is 4.79 Å². The summed E-state index contributed by atoms with van der Waals surface area (Å²) >= 11 is 0. The second-order valence-corrected chi connectivity index (χ2v) is 14.0. The summed E-state index contributed by atoms with van der Waals surface area (Å²) in [4.78, 5) is 28.2. The number of hydrogen-bond donors (Lipinski definition) is 4. The standard InChI is InChI=1S/C41H52N4O8/c1-7-27-22(2)30-21-35-38(26(6)47)24(4)32(43-35)19-31-23(3)28(8-9-37(49)53-17-16-52-15-14-51-13-12-50-11-10-46)40(44-31)29-18-36(48)39-25(5)33(45-41(29)39)20-34(27)42-30/h19-21,23,26,28,44,46-48H,7-18H2,1-6H3/t23-,26?,28-/m0/s1. The Hall–Kier alpha value is -4.20. The fourth-order valence-corrected chi connectivity index (χ4v) is 7.82. The highest BCUT2D eigenvalue weighted by Crippen LogP contribution is 2.46. The number of hydrogen-bond acceptors (Lipinski definition) is 12. The number of aliphatic imine (C=N–C) groups is 3. The van der Waals surface area contributed by atoms with Gasteiger partial charge in [-0.2, -0.15) is 0 Å². The summed E-state index contributed by atoms with van der Waals surface area (Å²) in [6, 6.07) is 0. The van der Waals surface area contributed by atoms with Crippen LogP contribution < -0.4 is 5.32 Å². The van der Waals surface area contributed by atoms with Gasteiger partial charge in [0.1, 0.15) is 12.4 Å². The molecule has 5 aliphatic heterocycles. The SMILES string of the molecule is CCC1=C(C)C2=NC1=CC1=C(C)C3=C(O)CC(=C4NC(=CC5=NC(=C2)C(C(C)O)=C5C)[C@@H](C)[C@@H]4CCC(=O)OCCOCCOCCOCCO)C3=N1.